The summed E-state index contributed by atoms with van der Waals surface area (Å²) in [4.78, 5) is 33.0. The Hall–Kier alpha value is -2.55. The summed E-state index contributed by atoms with van der Waals surface area (Å²) in [6.07, 6.45) is 0.947. The molecule has 2 heterocycles. The van der Waals surface area contributed by atoms with Gasteiger partial charge in [0.1, 0.15) is 10.8 Å². The molecule has 0 saturated heterocycles. The molecule has 2 aromatic rings. The molecule has 0 spiro atoms. The number of alkyl halides is 2. The number of carbonyl (C=O) groups is 1. The van der Waals surface area contributed by atoms with E-state index in [0.717, 1.165) is 0 Å². The van der Waals surface area contributed by atoms with Crippen LogP contribution in [0.1, 0.15) is 18.3 Å². The number of halogens is 3. The van der Waals surface area contributed by atoms with Crippen molar-refractivity contribution in [2.75, 3.05) is 18.5 Å². The maximum Gasteiger partial charge on any atom is 0.311 e. The number of aromatic amines is 1. The monoisotopic (exact) mass is 372 g/mol. The van der Waals surface area contributed by atoms with Gasteiger partial charge in [0.15, 0.2) is 5.82 Å². The number of hydrogen-bond acceptors (Lipinski definition) is 6. The Morgan fingerprint density at radius 2 is 2.20 bits per heavy atom. The Balaban J connectivity index is 2.16. The van der Waals surface area contributed by atoms with Crippen molar-refractivity contribution in [3.05, 3.63) is 51.3 Å². The van der Waals surface area contributed by atoms with E-state index in [0.29, 0.717) is 0 Å². The highest BCUT2D eigenvalue weighted by atomic mass is 35.5. The molecule has 0 aliphatic heterocycles. The van der Waals surface area contributed by atoms with Crippen molar-refractivity contribution in [1.29, 1.82) is 0 Å². The lowest BCUT2D eigenvalue weighted by Gasteiger charge is -2.16. The largest absolute Gasteiger partial charge is 0.466 e. The zero-order chi connectivity index (χ0) is 18.4. The van der Waals surface area contributed by atoms with Crippen molar-refractivity contribution >= 4 is 23.4 Å². The molecule has 0 bridgehead atoms. The number of ether oxygens (including phenoxy) is 1. The van der Waals surface area contributed by atoms with Crippen LogP contribution in [0, 0.1) is 0 Å². The van der Waals surface area contributed by atoms with Crippen LogP contribution in [0.4, 0.5) is 14.6 Å². The predicted octanol–water partition coefficient (Wildman–Crippen LogP) is 2.13. The number of H-pyrrole nitrogens is 1. The molecule has 2 N–H and O–H groups in total. The van der Waals surface area contributed by atoms with Crippen molar-refractivity contribution < 1.29 is 18.3 Å². The van der Waals surface area contributed by atoms with E-state index in [2.05, 4.69) is 20.3 Å². The smallest absolute Gasteiger partial charge is 0.311 e. The van der Waals surface area contributed by atoms with Gasteiger partial charge >= 0.3 is 11.9 Å². The molecule has 25 heavy (non-hydrogen) atoms. The number of nitrogens with one attached hydrogen (secondary N) is 2. The molecule has 0 fully saturated rings. The molecule has 10 heteroatoms. The first kappa shape index (κ1) is 18.8. The number of anilines is 1. The summed E-state index contributed by atoms with van der Waals surface area (Å²) in [6.45, 7) is 0.897. The summed E-state index contributed by atoms with van der Waals surface area (Å²) in [6, 6.07) is 4.12. The number of pyridine rings is 1. The Morgan fingerprint density at radius 3 is 2.84 bits per heavy atom. The van der Waals surface area contributed by atoms with E-state index in [1.165, 1.54) is 24.4 Å². The van der Waals surface area contributed by atoms with Crippen molar-refractivity contribution in [2.45, 2.75) is 19.3 Å². The van der Waals surface area contributed by atoms with Crippen molar-refractivity contribution in [2.24, 2.45) is 0 Å². The summed E-state index contributed by atoms with van der Waals surface area (Å²) < 4.78 is 33.0. The summed E-state index contributed by atoms with van der Waals surface area (Å²) in [5.41, 5.74) is -1.21. The van der Waals surface area contributed by atoms with Gasteiger partial charge in [-0.25, -0.2) is 4.98 Å². The molecule has 0 aliphatic carbocycles. The van der Waals surface area contributed by atoms with Gasteiger partial charge < -0.3 is 15.0 Å². The minimum absolute atomic E-state index is 0.0170. The number of aromatic nitrogens is 3. The highest BCUT2D eigenvalue weighted by Crippen LogP contribution is 2.25. The van der Waals surface area contributed by atoms with Gasteiger partial charge in [-0.2, -0.15) is 8.78 Å². The van der Waals surface area contributed by atoms with Crippen LogP contribution >= 0.6 is 11.6 Å². The van der Waals surface area contributed by atoms with Crippen LogP contribution < -0.4 is 10.9 Å². The molecule has 0 saturated carbocycles. The third-order valence-electron chi connectivity index (χ3n) is 3.07. The van der Waals surface area contributed by atoms with Gasteiger partial charge in [-0.3, -0.25) is 14.6 Å². The van der Waals surface area contributed by atoms with E-state index in [4.69, 9.17) is 16.3 Å². The van der Waals surface area contributed by atoms with Gasteiger partial charge in [-0.15, -0.1) is 0 Å². The van der Waals surface area contributed by atoms with Crippen LogP contribution in [0.3, 0.4) is 0 Å². The predicted molar refractivity (Wildman–Crippen MR) is 86.8 cm³/mol. The second kappa shape index (κ2) is 8.02. The van der Waals surface area contributed by atoms with Gasteiger partial charge in [0.2, 0.25) is 0 Å². The minimum Gasteiger partial charge on any atom is -0.466 e. The van der Waals surface area contributed by atoms with Crippen molar-refractivity contribution in [1.82, 2.24) is 15.0 Å². The van der Waals surface area contributed by atoms with E-state index >= 15 is 0 Å². The third kappa shape index (κ3) is 4.96. The summed E-state index contributed by atoms with van der Waals surface area (Å²) in [5.74, 6) is -4.30. The molecule has 0 amide bonds. The number of rotatable bonds is 7. The molecule has 0 atom stereocenters. The SMILES string of the molecule is CCOC(=O)Cc1nc(NCC(F)(F)c2ccccn2)c(=O)[nH]c1Cl. The first-order valence-electron chi connectivity index (χ1n) is 7.31. The van der Waals surface area contributed by atoms with E-state index < -0.39 is 29.7 Å². The Morgan fingerprint density at radius 1 is 1.44 bits per heavy atom. The lowest BCUT2D eigenvalue weighted by atomic mass is 10.2. The Kier molecular flexibility index (Phi) is 6.02. The fourth-order valence-corrected chi connectivity index (χ4v) is 2.11. The van der Waals surface area contributed by atoms with E-state index in [9.17, 15) is 18.4 Å². The third-order valence-corrected chi connectivity index (χ3v) is 3.39. The number of esters is 1. The highest BCUT2D eigenvalue weighted by Gasteiger charge is 2.33. The number of nitrogens with zero attached hydrogens (tertiary/aromatic N) is 2. The molecule has 0 aromatic carbocycles. The van der Waals surface area contributed by atoms with Gasteiger partial charge in [-0.1, -0.05) is 17.7 Å². The summed E-state index contributed by atoms with van der Waals surface area (Å²) in [7, 11) is 0. The lowest BCUT2D eigenvalue weighted by Crippen LogP contribution is -2.29. The average Bonchev–Trinajstić information content (AvgIpc) is 2.57. The summed E-state index contributed by atoms with van der Waals surface area (Å²) >= 11 is 5.82. The standard InChI is InChI=1S/C15H15ClF2N4O3/c1-2-25-11(23)7-9-12(16)22-14(24)13(21-9)20-8-15(17,18)10-5-3-4-6-19-10/h3-6H,2,7-8H2,1H3,(H,20,21)(H,22,24). The number of hydrogen-bond donors (Lipinski definition) is 2. The zero-order valence-electron chi connectivity index (χ0n) is 13.2. The van der Waals surface area contributed by atoms with Crippen LogP contribution in [-0.2, 0) is 21.9 Å². The second-order valence-electron chi connectivity index (χ2n) is 4.93. The average molecular weight is 373 g/mol. The number of carbonyl (C=O) groups excluding carboxylic acids is 1. The van der Waals surface area contributed by atoms with Gasteiger partial charge in [0.05, 0.1) is 25.3 Å². The molecule has 0 radical (unpaired) electrons. The molecule has 134 valence electrons. The minimum atomic E-state index is -3.32. The zero-order valence-corrected chi connectivity index (χ0v) is 13.9. The van der Waals surface area contributed by atoms with Crippen molar-refractivity contribution in [3.8, 4) is 0 Å². The molecular formula is C15H15ClF2N4O3. The first-order valence-corrected chi connectivity index (χ1v) is 7.68. The van der Waals surface area contributed by atoms with Gasteiger partial charge in [-0.05, 0) is 19.1 Å². The van der Waals surface area contributed by atoms with Crippen LogP contribution in [0.2, 0.25) is 5.15 Å². The fourth-order valence-electron chi connectivity index (χ4n) is 1.92. The van der Waals surface area contributed by atoms with Crippen LogP contribution in [0.25, 0.3) is 0 Å². The Bertz CT molecular complexity index is 799. The molecule has 0 unspecified atom stereocenters. The van der Waals surface area contributed by atoms with E-state index in [1.54, 1.807) is 6.92 Å². The van der Waals surface area contributed by atoms with Gasteiger partial charge in [0, 0.05) is 6.20 Å². The molecule has 7 nitrogen and oxygen atoms in total. The second-order valence-corrected chi connectivity index (χ2v) is 5.31. The lowest BCUT2D eigenvalue weighted by molar-refractivity contribution is -0.142. The molecular weight excluding hydrogens is 358 g/mol. The van der Waals surface area contributed by atoms with Crippen LogP contribution in [0.15, 0.2) is 29.2 Å². The Labute approximate surface area is 146 Å². The molecule has 2 aromatic heterocycles. The summed E-state index contributed by atoms with van der Waals surface area (Å²) in [5, 5.41) is 2.12. The van der Waals surface area contributed by atoms with Gasteiger partial charge in [0.25, 0.3) is 5.56 Å². The van der Waals surface area contributed by atoms with Crippen LogP contribution in [0.5, 0.6) is 0 Å². The van der Waals surface area contributed by atoms with E-state index in [1.807, 2.05) is 0 Å². The molecule has 2 rings (SSSR count). The molecule has 0 aliphatic rings. The maximum absolute atomic E-state index is 14.1. The van der Waals surface area contributed by atoms with E-state index in [-0.39, 0.29) is 29.7 Å². The quantitative estimate of drug-likeness (QED) is 0.723. The first-order chi connectivity index (χ1) is 11.8. The topological polar surface area (TPSA) is 97.0 Å². The normalized spacial score (nSPS) is 11.2. The van der Waals surface area contributed by atoms with Crippen LogP contribution in [-0.4, -0.2) is 34.1 Å². The maximum atomic E-state index is 14.1. The highest BCUT2D eigenvalue weighted by molar-refractivity contribution is 6.30. The van der Waals surface area contributed by atoms with Crippen molar-refractivity contribution in [3.63, 3.8) is 0 Å². The fraction of sp³-hybridized carbons (Fsp3) is 0.333.